The average Bonchev–Trinajstić information content (AvgIpc) is 3.36. The number of ether oxygens (including phenoxy) is 2. The van der Waals surface area contributed by atoms with Crippen molar-refractivity contribution < 1.29 is 32.8 Å². The normalized spacial score (nSPS) is 20.7. The molecule has 2 fully saturated rings. The molecule has 0 spiro atoms. The number of halogens is 5. The molecule has 0 bridgehead atoms. The van der Waals surface area contributed by atoms with E-state index in [0.29, 0.717) is 25.3 Å². The molecule has 4 aromatic rings. The number of nitrogens with one attached hydrogen (secondary N) is 1. The van der Waals surface area contributed by atoms with Crippen molar-refractivity contribution >= 4 is 22.5 Å². The number of methoxy groups -OCH3 is 1. The molecule has 202 valence electrons. The van der Waals surface area contributed by atoms with Crippen LogP contribution in [-0.4, -0.2) is 92.3 Å². The first kappa shape index (κ1) is 23.5. The monoisotopic (exact) mass is 539 g/mol. The second kappa shape index (κ2) is 9.31. The van der Waals surface area contributed by atoms with Crippen LogP contribution in [0.3, 0.4) is 0 Å². The van der Waals surface area contributed by atoms with Crippen LogP contribution in [0.25, 0.3) is 27.7 Å². The zero-order chi connectivity index (χ0) is 27.5. The van der Waals surface area contributed by atoms with Crippen LogP contribution in [0, 0.1) is 5.82 Å². The fourth-order valence-corrected chi connectivity index (χ4v) is 4.85. The van der Waals surface area contributed by atoms with E-state index < -0.39 is 43.5 Å². The predicted molar refractivity (Wildman–Crippen MR) is 125 cm³/mol. The largest absolute Gasteiger partial charge is 0.479 e. The molecule has 15 heteroatoms. The third-order valence-electron chi connectivity index (χ3n) is 6.85. The second-order valence-corrected chi connectivity index (χ2v) is 9.28. The van der Waals surface area contributed by atoms with Gasteiger partial charge in [-0.1, -0.05) is 11.3 Å². The third kappa shape index (κ3) is 4.28. The van der Waals surface area contributed by atoms with Crippen LogP contribution >= 0.6 is 0 Å². The van der Waals surface area contributed by atoms with E-state index in [-0.39, 0.29) is 46.5 Å². The van der Waals surface area contributed by atoms with Crippen LogP contribution in [0.15, 0.2) is 24.4 Å². The molecular formula is C23H23F5N8O2. The molecule has 0 amide bonds. The van der Waals surface area contributed by atoms with E-state index in [2.05, 4.69) is 25.7 Å². The lowest BCUT2D eigenvalue weighted by Crippen LogP contribution is -2.61. The zero-order valence-electron chi connectivity index (χ0n) is 21.0. The fourth-order valence-electron chi connectivity index (χ4n) is 4.85. The Morgan fingerprint density at radius 2 is 2.13 bits per heavy atom. The summed E-state index contributed by atoms with van der Waals surface area (Å²) in [5.41, 5.74) is 0.635. The van der Waals surface area contributed by atoms with E-state index in [4.69, 9.17) is 10.8 Å². The Hall–Kier alpha value is -3.59. The lowest BCUT2D eigenvalue weighted by Gasteiger charge is -2.44. The van der Waals surface area contributed by atoms with Crippen molar-refractivity contribution in [1.29, 1.82) is 0 Å². The molecule has 1 aromatic carbocycles. The zero-order valence-corrected chi connectivity index (χ0v) is 20.0. The minimum atomic E-state index is -3.11. The quantitative estimate of drug-likeness (QED) is 0.358. The van der Waals surface area contributed by atoms with Gasteiger partial charge in [-0.05, 0) is 24.1 Å². The maximum absolute atomic E-state index is 15.5. The molecule has 38 heavy (non-hydrogen) atoms. The summed E-state index contributed by atoms with van der Waals surface area (Å²) < 4.78 is 92.2. The third-order valence-corrected chi connectivity index (χ3v) is 6.85. The van der Waals surface area contributed by atoms with Gasteiger partial charge in [0.2, 0.25) is 11.8 Å². The number of fused-ring (bicyclic) bond motifs is 2. The Kier molecular flexibility index (Phi) is 5.76. The minimum absolute atomic E-state index is 0.0238. The maximum atomic E-state index is 15.5. The summed E-state index contributed by atoms with van der Waals surface area (Å²) in [6.45, 7) is 0.117. The molecule has 2 aliphatic rings. The Morgan fingerprint density at radius 1 is 1.32 bits per heavy atom. The molecular weight excluding hydrogens is 515 g/mol. The van der Waals surface area contributed by atoms with Crippen LogP contribution in [0.4, 0.5) is 27.9 Å². The number of benzene rings is 1. The van der Waals surface area contributed by atoms with Gasteiger partial charge in [0.15, 0.2) is 5.82 Å². The van der Waals surface area contributed by atoms with Gasteiger partial charge in [0.25, 0.3) is 12.3 Å². The number of hydrogen-bond acceptors (Lipinski definition) is 8. The summed E-state index contributed by atoms with van der Waals surface area (Å²) in [4.78, 5) is 5.89. The second-order valence-electron chi connectivity index (χ2n) is 9.28. The molecule has 2 saturated heterocycles. The predicted octanol–water partition coefficient (Wildman–Crippen LogP) is 3.07. The first-order valence-corrected chi connectivity index (χ1v) is 11.9. The van der Waals surface area contributed by atoms with Crippen molar-refractivity contribution in [2.45, 2.75) is 37.4 Å². The van der Waals surface area contributed by atoms with Gasteiger partial charge in [-0.3, -0.25) is 4.90 Å². The first-order valence-electron chi connectivity index (χ1n) is 12.4. The molecule has 3 aromatic heterocycles. The van der Waals surface area contributed by atoms with Gasteiger partial charge in [0.1, 0.15) is 17.6 Å². The van der Waals surface area contributed by atoms with Crippen LogP contribution < -0.4 is 10.1 Å². The molecule has 0 aliphatic carbocycles. The maximum Gasteiger partial charge on any atom is 0.280 e. The molecule has 10 nitrogen and oxygen atoms in total. The van der Waals surface area contributed by atoms with Gasteiger partial charge in [-0.25, -0.2) is 31.1 Å². The number of hydrogen-bond donors (Lipinski definition) is 1. The minimum Gasteiger partial charge on any atom is -0.479 e. The van der Waals surface area contributed by atoms with Crippen molar-refractivity contribution in [1.82, 2.24) is 34.5 Å². The van der Waals surface area contributed by atoms with E-state index in [1.807, 2.05) is 0 Å². The smallest absolute Gasteiger partial charge is 0.280 e. The highest BCUT2D eigenvalue weighted by Crippen LogP contribution is 2.36. The Morgan fingerprint density at radius 3 is 2.82 bits per heavy atom. The number of alkyl halides is 4. The van der Waals surface area contributed by atoms with Crippen molar-refractivity contribution in [2.75, 3.05) is 38.7 Å². The van der Waals surface area contributed by atoms with Crippen molar-refractivity contribution in [2.24, 2.45) is 0 Å². The van der Waals surface area contributed by atoms with Gasteiger partial charge >= 0.3 is 0 Å². The van der Waals surface area contributed by atoms with E-state index in [1.54, 1.807) is 4.90 Å². The van der Waals surface area contributed by atoms with E-state index in [9.17, 15) is 8.78 Å². The highest BCUT2D eigenvalue weighted by atomic mass is 19.3. The number of rotatable bonds is 7. The molecule has 2 aliphatic heterocycles. The molecule has 5 heterocycles. The number of piperidine rings is 1. The highest BCUT2D eigenvalue weighted by Gasteiger charge is 2.47. The van der Waals surface area contributed by atoms with E-state index >= 15 is 13.2 Å². The Balaban J connectivity index is 1.37. The lowest BCUT2D eigenvalue weighted by molar-refractivity contribution is -0.131. The fraction of sp³-hybridized carbons (Fsp3) is 0.478. The summed E-state index contributed by atoms with van der Waals surface area (Å²) in [6, 6.07) is 3.08. The SMILES string of the molecule is [2H]c1c(F)c(-c2ccc3nnn(CC(F)F)c3c2)c2c(OC)nc(N[C@@H]3CCN(C4COC4)CC3(F)F)nn12. The Bertz CT molecular complexity index is 1540. The molecule has 6 rings (SSSR count). The summed E-state index contributed by atoms with van der Waals surface area (Å²) in [7, 11) is 1.27. The van der Waals surface area contributed by atoms with Gasteiger partial charge < -0.3 is 14.8 Å². The Labute approximate surface area is 213 Å². The summed E-state index contributed by atoms with van der Waals surface area (Å²) >= 11 is 0. The molecule has 0 radical (unpaired) electrons. The van der Waals surface area contributed by atoms with Crippen molar-refractivity contribution in [3.05, 3.63) is 30.2 Å². The number of nitrogens with zero attached hydrogens (tertiary/aromatic N) is 7. The standard InChI is InChI=1S/C23H23F5N8O2/c1-37-21-20-19(12-2-3-15-16(6-12)35(33-31-15)8-18(25)26)14(24)7-36(20)32-22(30-21)29-17-4-5-34(11-23(17,27)28)13-9-38-10-13/h2-3,6-7,13,17-18H,4-5,8-11H2,1H3,(H,29,32)/t17-/m1/s1/i7D. The van der Waals surface area contributed by atoms with Crippen molar-refractivity contribution in [3.8, 4) is 17.0 Å². The number of likely N-dealkylation sites (tertiary alicyclic amines) is 1. The van der Waals surface area contributed by atoms with Gasteiger partial charge in [-0.2, -0.15) is 4.98 Å². The van der Waals surface area contributed by atoms with Crippen LogP contribution in [0.5, 0.6) is 5.88 Å². The summed E-state index contributed by atoms with van der Waals surface area (Å²) in [6.07, 6.45) is -3.24. The summed E-state index contributed by atoms with van der Waals surface area (Å²) in [5, 5.41) is 14.3. The van der Waals surface area contributed by atoms with Crippen molar-refractivity contribution in [3.63, 3.8) is 0 Å². The van der Waals surface area contributed by atoms with E-state index in [1.165, 1.54) is 25.3 Å². The van der Waals surface area contributed by atoms with Gasteiger partial charge in [-0.15, -0.1) is 10.2 Å². The van der Waals surface area contributed by atoms with Crippen LogP contribution in [-0.2, 0) is 11.3 Å². The van der Waals surface area contributed by atoms with Crippen LogP contribution in [0.1, 0.15) is 7.79 Å². The van der Waals surface area contributed by atoms with Gasteiger partial charge in [0, 0.05) is 6.54 Å². The molecule has 0 unspecified atom stereocenters. The van der Waals surface area contributed by atoms with Gasteiger partial charge in [0.05, 0.1) is 57.6 Å². The first-order chi connectivity index (χ1) is 18.7. The van der Waals surface area contributed by atoms with Crippen LogP contribution in [0.2, 0.25) is 0 Å². The van der Waals surface area contributed by atoms with E-state index in [0.717, 1.165) is 9.20 Å². The molecule has 1 atom stereocenters. The number of aromatic nitrogens is 6. The average molecular weight is 539 g/mol. The highest BCUT2D eigenvalue weighted by molar-refractivity contribution is 5.89. The lowest BCUT2D eigenvalue weighted by atomic mass is 9.98. The number of anilines is 1. The summed E-state index contributed by atoms with van der Waals surface area (Å²) in [5.74, 6) is -4.50. The molecule has 1 N–H and O–H groups in total. The topological polar surface area (TPSA) is 94.6 Å². The molecule has 0 saturated carbocycles.